The lowest BCUT2D eigenvalue weighted by Gasteiger charge is -2.37. The van der Waals surface area contributed by atoms with E-state index in [1.165, 1.54) is 0 Å². The minimum atomic E-state index is -0.232. The quantitative estimate of drug-likeness (QED) is 0.420. The van der Waals surface area contributed by atoms with E-state index in [1.807, 2.05) is 29.2 Å². The van der Waals surface area contributed by atoms with Gasteiger partial charge in [0.05, 0.1) is 13.7 Å². The fraction of sp³-hybridized carbons (Fsp3) is 0.619. The molecular weight excluding hydrogens is 372 g/mol. The highest BCUT2D eigenvalue weighted by molar-refractivity contribution is 5.82. The zero-order valence-corrected chi connectivity index (χ0v) is 17.4. The van der Waals surface area contributed by atoms with Crippen molar-refractivity contribution in [2.75, 3.05) is 60.1 Å². The summed E-state index contributed by atoms with van der Waals surface area (Å²) in [7, 11) is 3.44. The molecule has 29 heavy (non-hydrogen) atoms. The number of carbonyl (C=O) groups is 1. The van der Waals surface area contributed by atoms with Crippen molar-refractivity contribution < 1.29 is 19.0 Å². The molecule has 1 aromatic carbocycles. The number of nitrogens with zero attached hydrogens (tertiary/aromatic N) is 3. The third-order valence-corrected chi connectivity index (χ3v) is 5.24. The van der Waals surface area contributed by atoms with Gasteiger partial charge in [0.25, 0.3) is 5.91 Å². The van der Waals surface area contributed by atoms with Crippen LogP contribution in [0.2, 0.25) is 0 Å². The van der Waals surface area contributed by atoms with Gasteiger partial charge in [-0.25, -0.2) is 0 Å². The van der Waals surface area contributed by atoms with E-state index in [-0.39, 0.29) is 12.0 Å². The second kappa shape index (κ2) is 10.9. The second-order valence-corrected chi connectivity index (χ2v) is 7.17. The van der Waals surface area contributed by atoms with Crippen LogP contribution in [0, 0.1) is 0 Å². The highest BCUT2D eigenvalue weighted by Crippen LogP contribution is 2.17. The molecule has 2 saturated heterocycles. The maximum Gasteiger partial charge on any atom is 0.251 e. The van der Waals surface area contributed by atoms with Crippen LogP contribution >= 0.6 is 0 Å². The SMILES string of the molecule is CN=C(NCCCOc1ccc(OC)cc1)N1CCN(C(=O)C2CCCO2)CC1. The predicted octanol–water partition coefficient (Wildman–Crippen LogP) is 1.36. The summed E-state index contributed by atoms with van der Waals surface area (Å²) in [5.41, 5.74) is 0. The van der Waals surface area contributed by atoms with Crippen molar-refractivity contribution in [1.29, 1.82) is 0 Å². The molecule has 2 heterocycles. The molecule has 1 atom stereocenters. The molecule has 1 aromatic rings. The topological polar surface area (TPSA) is 75.6 Å². The van der Waals surface area contributed by atoms with Gasteiger partial charge < -0.3 is 29.3 Å². The molecule has 2 aliphatic heterocycles. The maximum atomic E-state index is 12.5. The summed E-state index contributed by atoms with van der Waals surface area (Å²) in [4.78, 5) is 21.0. The van der Waals surface area contributed by atoms with Crippen molar-refractivity contribution in [1.82, 2.24) is 15.1 Å². The molecule has 0 saturated carbocycles. The van der Waals surface area contributed by atoms with E-state index in [0.717, 1.165) is 56.4 Å². The Morgan fingerprint density at radius 3 is 2.48 bits per heavy atom. The molecular formula is C21H32N4O4. The first kappa shape index (κ1) is 21.2. The first-order valence-corrected chi connectivity index (χ1v) is 10.3. The van der Waals surface area contributed by atoms with Crippen LogP contribution in [0.4, 0.5) is 0 Å². The molecule has 0 bridgehead atoms. The Balaban J connectivity index is 1.33. The molecule has 0 spiro atoms. The van der Waals surface area contributed by atoms with E-state index in [2.05, 4.69) is 15.2 Å². The van der Waals surface area contributed by atoms with Gasteiger partial charge in [-0.2, -0.15) is 0 Å². The first-order valence-electron chi connectivity index (χ1n) is 10.3. The number of hydrogen-bond acceptors (Lipinski definition) is 5. The monoisotopic (exact) mass is 404 g/mol. The minimum Gasteiger partial charge on any atom is -0.497 e. The molecule has 3 rings (SSSR count). The van der Waals surface area contributed by atoms with Gasteiger partial charge in [0.1, 0.15) is 17.6 Å². The number of piperazine rings is 1. The van der Waals surface area contributed by atoms with Gasteiger partial charge in [-0.15, -0.1) is 0 Å². The lowest BCUT2D eigenvalue weighted by molar-refractivity contribution is -0.142. The molecule has 0 aromatic heterocycles. The van der Waals surface area contributed by atoms with Crippen molar-refractivity contribution in [2.45, 2.75) is 25.4 Å². The van der Waals surface area contributed by atoms with Crippen molar-refractivity contribution in [3.63, 3.8) is 0 Å². The zero-order valence-electron chi connectivity index (χ0n) is 17.4. The Morgan fingerprint density at radius 2 is 1.86 bits per heavy atom. The number of hydrogen-bond donors (Lipinski definition) is 1. The summed E-state index contributed by atoms with van der Waals surface area (Å²) in [6, 6.07) is 7.59. The van der Waals surface area contributed by atoms with Crippen LogP contribution in [0.15, 0.2) is 29.3 Å². The van der Waals surface area contributed by atoms with Gasteiger partial charge in [-0.1, -0.05) is 0 Å². The summed E-state index contributed by atoms with van der Waals surface area (Å²) in [5, 5.41) is 3.39. The molecule has 0 aliphatic carbocycles. The number of aliphatic imine (C=N–C) groups is 1. The highest BCUT2D eigenvalue weighted by Gasteiger charge is 2.30. The van der Waals surface area contributed by atoms with Gasteiger partial charge in [-0.3, -0.25) is 9.79 Å². The Labute approximate surface area is 172 Å². The summed E-state index contributed by atoms with van der Waals surface area (Å²) < 4.78 is 16.4. The number of methoxy groups -OCH3 is 1. The van der Waals surface area contributed by atoms with Gasteiger partial charge >= 0.3 is 0 Å². The second-order valence-electron chi connectivity index (χ2n) is 7.17. The fourth-order valence-electron chi connectivity index (χ4n) is 3.58. The Morgan fingerprint density at radius 1 is 1.17 bits per heavy atom. The van der Waals surface area contributed by atoms with Crippen molar-refractivity contribution in [2.24, 2.45) is 4.99 Å². The van der Waals surface area contributed by atoms with Crippen LogP contribution in [0.25, 0.3) is 0 Å². The largest absolute Gasteiger partial charge is 0.497 e. The molecule has 2 fully saturated rings. The standard InChI is InChI=1S/C21H32N4O4/c1-22-21(23-10-4-16-28-18-8-6-17(27-2)7-9-18)25-13-11-24(12-14-25)20(26)19-5-3-15-29-19/h6-9,19H,3-5,10-16H2,1-2H3,(H,22,23). The van der Waals surface area contributed by atoms with Crippen LogP contribution < -0.4 is 14.8 Å². The number of guanidine groups is 1. The van der Waals surface area contributed by atoms with Crippen molar-refractivity contribution in [3.8, 4) is 11.5 Å². The smallest absolute Gasteiger partial charge is 0.251 e. The molecule has 1 N–H and O–H groups in total. The number of amides is 1. The Kier molecular flexibility index (Phi) is 7.98. The number of nitrogens with one attached hydrogen (secondary N) is 1. The maximum absolute atomic E-state index is 12.5. The summed E-state index contributed by atoms with van der Waals surface area (Å²) >= 11 is 0. The summed E-state index contributed by atoms with van der Waals surface area (Å²) in [6.07, 6.45) is 2.46. The van der Waals surface area contributed by atoms with Gasteiger partial charge in [0.2, 0.25) is 0 Å². The number of ether oxygens (including phenoxy) is 3. The van der Waals surface area contributed by atoms with Crippen LogP contribution in [-0.2, 0) is 9.53 Å². The minimum absolute atomic E-state index is 0.140. The normalized spacial score (nSPS) is 19.9. The Bertz CT molecular complexity index is 666. The predicted molar refractivity (Wildman–Crippen MR) is 112 cm³/mol. The van der Waals surface area contributed by atoms with Crippen molar-refractivity contribution >= 4 is 11.9 Å². The molecule has 160 valence electrons. The number of benzene rings is 1. The summed E-state index contributed by atoms with van der Waals surface area (Å²) in [6.45, 7) is 5.08. The highest BCUT2D eigenvalue weighted by atomic mass is 16.5. The van der Waals surface area contributed by atoms with Gasteiger partial charge in [0.15, 0.2) is 5.96 Å². The van der Waals surface area contributed by atoms with E-state index in [0.29, 0.717) is 26.3 Å². The third-order valence-electron chi connectivity index (χ3n) is 5.24. The fourth-order valence-corrected chi connectivity index (χ4v) is 3.58. The van der Waals surface area contributed by atoms with Gasteiger partial charge in [0, 0.05) is 46.4 Å². The number of carbonyl (C=O) groups excluding carboxylic acids is 1. The average Bonchev–Trinajstić information content (AvgIpc) is 3.31. The molecule has 8 heteroatoms. The molecule has 1 unspecified atom stereocenters. The van der Waals surface area contributed by atoms with E-state index in [9.17, 15) is 4.79 Å². The van der Waals surface area contributed by atoms with E-state index < -0.39 is 0 Å². The van der Waals surface area contributed by atoms with E-state index >= 15 is 0 Å². The van der Waals surface area contributed by atoms with Gasteiger partial charge in [-0.05, 0) is 43.5 Å². The third kappa shape index (κ3) is 6.00. The lowest BCUT2D eigenvalue weighted by atomic mass is 10.2. The summed E-state index contributed by atoms with van der Waals surface area (Å²) in [5.74, 6) is 2.67. The molecule has 2 aliphatic rings. The molecule has 1 amide bonds. The average molecular weight is 405 g/mol. The molecule has 8 nitrogen and oxygen atoms in total. The Hall–Kier alpha value is -2.48. The van der Waals surface area contributed by atoms with Crippen LogP contribution in [0.3, 0.4) is 0 Å². The zero-order chi connectivity index (χ0) is 20.5. The van der Waals surface area contributed by atoms with Crippen LogP contribution in [0.1, 0.15) is 19.3 Å². The van der Waals surface area contributed by atoms with Crippen molar-refractivity contribution in [3.05, 3.63) is 24.3 Å². The van der Waals surface area contributed by atoms with E-state index in [1.54, 1.807) is 14.2 Å². The lowest BCUT2D eigenvalue weighted by Crippen LogP contribution is -2.55. The van der Waals surface area contributed by atoms with Crippen LogP contribution in [-0.4, -0.2) is 87.9 Å². The van der Waals surface area contributed by atoms with Crippen LogP contribution in [0.5, 0.6) is 11.5 Å². The molecule has 0 radical (unpaired) electrons. The van der Waals surface area contributed by atoms with E-state index in [4.69, 9.17) is 14.2 Å². The first-order chi connectivity index (χ1) is 14.2. The number of rotatable bonds is 7.